The fraction of sp³-hybridized carbons (Fsp3) is 0.824. The third kappa shape index (κ3) is 4.55. The Morgan fingerprint density at radius 3 is 2.62 bits per heavy atom. The molecule has 4 heteroatoms. The number of methoxy groups -OCH3 is 1. The lowest BCUT2D eigenvalue weighted by Gasteiger charge is -2.21. The topological polar surface area (TPSA) is 39.1 Å². The van der Waals surface area contributed by atoms with Crippen LogP contribution >= 0.6 is 0 Å². The van der Waals surface area contributed by atoms with Crippen molar-refractivity contribution in [1.82, 2.24) is 15.1 Å². The van der Waals surface area contributed by atoms with E-state index in [4.69, 9.17) is 9.84 Å². The van der Waals surface area contributed by atoms with Crippen LogP contribution in [0.4, 0.5) is 0 Å². The first-order chi connectivity index (χ1) is 10.2. The number of hydrogen-bond donors (Lipinski definition) is 1. The van der Waals surface area contributed by atoms with E-state index in [1.54, 1.807) is 7.11 Å². The summed E-state index contributed by atoms with van der Waals surface area (Å²) in [6.07, 6.45) is 10.1. The van der Waals surface area contributed by atoms with Gasteiger partial charge in [0.2, 0.25) is 0 Å². The maximum Gasteiger partial charge on any atom is 0.0587 e. The van der Waals surface area contributed by atoms with Crippen LogP contribution in [0.3, 0.4) is 0 Å². The van der Waals surface area contributed by atoms with Gasteiger partial charge in [0.05, 0.1) is 18.8 Å². The first-order valence-corrected chi connectivity index (χ1v) is 8.50. The van der Waals surface area contributed by atoms with E-state index in [1.807, 2.05) is 0 Å². The second-order valence-corrected chi connectivity index (χ2v) is 6.47. The smallest absolute Gasteiger partial charge is 0.0587 e. The fourth-order valence-corrected chi connectivity index (χ4v) is 3.37. The quantitative estimate of drug-likeness (QED) is 0.616. The van der Waals surface area contributed by atoms with Crippen LogP contribution in [0.15, 0.2) is 6.20 Å². The summed E-state index contributed by atoms with van der Waals surface area (Å²) in [4.78, 5) is 0. The third-order valence-corrected chi connectivity index (χ3v) is 4.43. The molecule has 0 aromatic carbocycles. The number of nitrogens with zero attached hydrogens (tertiary/aromatic N) is 2. The predicted octanol–water partition coefficient (Wildman–Crippen LogP) is 3.64. The number of ether oxygens (including phenoxy) is 1. The Morgan fingerprint density at radius 2 is 2.00 bits per heavy atom. The van der Waals surface area contributed by atoms with Crippen molar-refractivity contribution in [3.8, 4) is 0 Å². The van der Waals surface area contributed by atoms with Crippen molar-refractivity contribution >= 4 is 0 Å². The van der Waals surface area contributed by atoms with Gasteiger partial charge in [0, 0.05) is 31.5 Å². The zero-order valence-electron chi connectivity index (χ0n) is 13.9. The fourth-order valence-electron chi connectivity index (χ4n) is 3.37. The van der Waals surface area contributed by atoms with Gasteiger partial charge in [-0.2, -0.15) is 5.10 Å². The van der Waals surface area contributed by atoms with E-state index in [2.05, 4.69) is 30.0 Å². The summed E-state index contributed by atoms with van der Waals surface area (Å²) in [5.74, 6) is 0.523. The molecule has 0 bridgehead atoms. The van der Waals surface area contributed by atoms with Gasteiger partial charge < -0.3 is 10.1 Å². The minimum absolute atomic E-state index is 0.523. The molecule has 0 radical (unpaired) electrons. The summed E-state index contributed by atoms with van der Waals surface area (Å²) in [7, 11) is 1.74. The number of hydrogen-bond acceptors (Lipinski definition) is 3. The summed E-state index contributed by atoms with van der Waals surface area (Å²) in [6, 6.07) is 0.609. The third-order valence-electron chi connectivity index (χ3n) is 4.43. The highest BCUT2D eigenvalue weighted by molar-refractivity contribution is 5.21. The predicted molar refractivity (Wildman–Crippen MR) is 86.6 cm³/mol. The van der Waals surface area contributed by atoms with Gasteiger partial charge in [-0.05, 0) is 18.8 Å². The maximum absolute atomic E-state index is 5.09. The van der Waals surface area contributed by atoms with Crippen LogP contribution in [-0.2, 0) is 11.3 Å². The van der Waals surface area contributed by atoms with Gasteiger partial charge in [0.1, 0.15) is 0 Å². The minimum atomic E-state index is 0.523. The molecule has 21 heavy (non-hydrogen) atoms. The molecule has 2 rings (SSSR count). The molecule has 0 saturated heterocycles. The zero-order valence-corrected chi connectivity index (χ0v) is 13.9. The lowest BCUT2D eigenvalue weighted by molar-refractivity contribution is 0.199. The highest BCUT2D eigenvalue weighted by Gasteiger charge is 2.21. The first kappa shape index (κ1) is 16.5. The summed E-state index contributed by atoms with van der Waals surface area (Å²) >= 11 is 0. The summed E-state index contributed by atoms with van der Waals surface area (Å²) in [6.45, 7) is 7.10. The normalized spacial score (nSPS) is 17.3. The molecule has 1 aliphatic carbocycles. The average molecular weight is 293 g/mol. The molecule has 0 unspecified atom stereocenters. The Labute approximate surface area is 129 Å². The molecule has 1 saturated carbocycles. The largest absolute Gasteiger partial charge is 0.383 e. The lowest BCUT2D eigenvalue weighted by Crippen LogP contribution is -2.20. The lowest BCUT2D eigenvalue weighted by atomic mass is 10.0. The van der Waals surface area contributed by atoms with Gasteiger partial charge in [-0.1, -0.05) is 39.5 Å². The molecule has 1 aromatic rings. The molecule has 0 aliphatic heterocycles. The molecular formula is C17H31N3O. The van der Waals surface area contributed by atoms with Gasteiger partial charge in [-0.15, -0.1) is 0 Å². The Hall–Kier alpha value is -0.870. The molecule has 1 fully saturated rings. The van der Waals surface area contributed by atoms with Crippen LogP contribution in [0.1, 0.15) is 75.6 Å². The van der Waals surface area contributed by atoms with Gasteiger partial charge >= 0.3 is 0 Å². The number of aromatic nitrogens is 2. The van der Waals surface area contributed by atoms with Crippen molar-refractivity contribution < 1.29 is 4.74 Å². The number of nitrogens with one attached hydrogen (secondary N) is 1. The molecule has 1 aliphatic rings. The van der Waals surface area contributed by atoms with Crippen molar-refractivity contribution in [1.29, 1.82) is 0 Å². The molecular weight excluding hydrogens is 262 g/mol. The van der Waals surface area contributed by atoms with Crippen LogP contribution in [0.5, 0.6) is 0 Å². The first-order valence-electron chi connectivity index (χ1n) is 8.50. The van der Waals surface area contributed by atoms with E-state index >= 15 is 0 Å². The molecule has 4 nitrogen and oxygen atoms in total. The molecule has 1 aromatic heterocycles. The Kier molecular flexibility index (Phi) is 6.71. The van der Waals surface area contributed by atoms with Crippen LogP contribution in [0.25, 0.3) is 0 Å². The van der Waals surface area contributed by atoms with E-state index in [0.717, 1.165) is 19.7 Å². The van der Waals surface area contributed by atoms with E-state index < -0.39 is 0 Å². The maximum atomic E-state index is 5.09. The second kappa shape index (κ2) is 8.54. The molecule has 0 spiro atoms. The van der Waals surface area contributed by atoms with Crippen LogP contribution in [-0.4, -0.2) is 30.0 Å². The van der Waals surface area contributed by atoms with Crippen molar-refractivity contribution in [2.45, 2.75) is 70.9 Å². The molecule has 120 valence electrons. The van der Waals surface area contributed by atoms with E-state index in [-0.39, 0.29) is 0 Å². The van der Waals surface area contributed by atoms with Gasteiger partial charge in [-0.25, -0.2) is 0 Å². The molecule has 0 amide bonds. The molecule has 0 atom stereocenters. The average Bonchev–Trinajstić information content (AvgIpc) is 2.70. The summed E-state index contributed by atoms with van der Waals surface area (Å²) in [5, 5.41) is 8.20. The summed E-state index contributed by atoms with van der Waals surface area (Å²) in [5.41, 5.74) is 2.78. The standard InChI is InChI=1S/C17H31N3O/c1-14(2)17-15(12-18-10-11-21-3)13-19-20(17)16-8-6-4-5-7-9-16/h13-14,16,18H,4-12H2,1-3H3. The van der Waals surface area contributed by atoms with Gasteiger partial charge in [0.25, 0.3) is 0 Å². The highest BCUT2D eigenvalue weighted by atomic mass is 16.5. The Bertz CT molecular complexity index is 406. The van der Waals surface area contributed by atoms with Crippen LogP contribution in [0, 0.1) is 0 Å². The van der Waals surface area contributed by atoms with Crippen molar-refractivity contribution in [2.75, 3.05) is 20.3 Å². The Morgan fingerprint density at radius 1 is 1.29 bits per heavy atom. The minimum Gasteiger partial charge on any atom is -0.383 e. The summed E-state index contributed by atoms with van der Waals surface area (Å²) < 4.78 is 7.43. The number of rotatable bonds is 7. The van der Waals surface area contributed by atoms with Crippen molar-refractivity contribution in [2.24, 2.45) is 0 Å². The van der Waals surface area contributed by atoms with Crippen LogP contribution in [0.2, 0.25) is 0 Å². The van der Waals surface area contributed by atoms with Gasteiger partial charge in [-0.3, -0.25) is 4.68 Å². The van der Waals surface area contributed by atoms with E-state index in [1.165, 1.54) is 49.8 Å². The Balaban J connectivity index is 2.08. The molecule has 1 heterocycles. The monoisotopic (exact) mass is 293 g/mol. The van der Waals surface area contributed by atoms with Crippen LogP contribution < -0.4 is 5.32 Å². The van der Waals surface area contributed by atoms with Gasteiger partial charge in [0.15, 0.2) is 0 Å². The van der Waals surface area contributed by atoms with Crippen molar-refractivity contribution in [3.05, 3.63) is 17.5 Å². The van der Waals surface area contributed by atoms with E-state index in [0.29, 0.717) is 12.0 Å². The highest BCUT2D eigenvalue weighted by Crippen LogP contribution is 2.31. The van der Waals surface area contributed by atoms with E-state index in [9.17, 15) is 0 Å². The SMILES string of the molecule is COCCNCc1cnn(C2CCCCCC2)c1C(C)C. The molecule has 1 N–H and O–H groups in total. The van der Waals surface area contributed by atoms with Crippen molar-refractivity contribution in [3.63, 3.8) is 0 Å². The second-order valence-electron chi connectivity index (χ2n) is 6.47. The zero-order chi connectivity index (χ0) is 15.1.